The van der Waals surface area contributed by atoms with Crippen LogP contribution in [-0.4, -0.2) is 51.9 Å². The van der Waals surface area contributed by atoms with E-state index in [2.05, 4.69) is 38.0 Å². The van der Waals surface area contributed by atoms with Gasteiger partial charge in [0.15, 0.2) is 11.6 Å². The van der Waals surface area contributed by atoms with Crippen molar-refractivity contribution in [3.8, 4) is 11.4 Å². The van der Waals surface area contributed by atoms with E-state index in [1.165, 1.54) is 29.0 Å². The summed E-state index contributed by atoms with van der Waals surface area (Å²) in [4.78, 5) is 13.5. The molecule has 5 rings (SSSR count). The molecule has 11 heteroatoms. The number of hydrogen-bond acceptors (Lipinski definition) is 7. The summed E-state index contributed by atoms with van der Waals surface area (Å²) in [6.45, 7) is 3.15. The number of fused-ring (bicyclic) bond motifs is 1. The number of aryl methyl sites for hydroxylation is 1. The molecule has 2 N–H and O–H groups in total. The fourth-order valence-corrected chi connectivity index (χ4v) is 4.64. The van der Waals surface area contributed by atoms with Gasteiger partial charge in [-0.05, 0) is 42.2 Å². The fourth-order valence-electron chi connectivity index (χ4n) is 4.64. The molecule has 4 aromatic rings. The second-order valence-corrected chi connectivity index (χ2v) is 9.11. The maximum absolute atomic E-state index is 15.3. The van der Waals surface area contributed by atoms with Crippen molar-refractivity contribution in [3.63, 3.8) is 0 Å². The lowest BCUT2D eigenvalue weighted by molar-refractivity contribution is 0.0944. The Hall–Kier alpha value is -4.09. The molecule has 3 heterocycles. The second-order valence-electron chi connectivity index (χ2n) is 9.11. The molecule has 1 aliphatic rings. The van der Waals surface area contributed by atoms with Crippen molar-refractivity contribution in [2.75, 3.05) is 20.8 Å². The van der Waals surface area contributed by atoms with E-state index in [1.54, 1.807) is 26.3 Å². The largest absolute Gasteiger partial charge is 0.494 e. The molecular weight excluding hydrogens is 491 g/mol. The predicted molar refractivity (Wildman–Crippen MR) is 136 cm³/mol. The molecule has 198 valence electrons. The number of benzene rings is 2. The van der Waals surface area contributed by atoms with Gasteiger partial charge >= 0.3 is 0 Å². The van der Waals surface area contributed by atoms with E-state index in [-0.39, 0.29) is 24.5 Å². The summed E-state index contributed by atoms with van der Waals surface area (Å²) >= 11 is 0. The Morgan fingerprint density at radius 3 is 2.87 bits per heavy atom. The van der Waals surface area contributed by atoms with Crippen LogP contribution in [0.2, 0.25) is 0 Å². The number of carbonyl (C=O) groups is 1. The Balaban J connectivity index is 1.42. The molecule has 10 nitrogen and oxygen atoms in total. The number of ether oxygens (including phenoxy) is 3. The highest BCUT2D eigenvalue weighted by Crippen LogP contribution is 2.27. The van der Waals surface area contributed by atoms with Crippen LogP contribution in [-0.2, 0) is 42.1 Å². The molecule has 1 aliphatic heterocycles. The highest BCUT2D eigenvalue weighted by molar-refractivity contribution is 5.96. The maximum Gasteiger partial charge on any atom is 0.255 e. The molecule has 0 saturated carbocycles. The van der Waals surface area contributed by atoms with E-state index < -0.39 is 11.7 Å². The zero-order valence-electron chi connectivity index (χ0n) is 21.5. The smallest absolute Gasteiger partial charge is 0.255 e. The van der Waals surface area contributed by atoms with E-state index in [1.807, 2.05) is 6.07 Å². The Bertz CT molecular complexity index is 1460. The van der Waals surface area contributed by atoms with E-state index in [0.717, 1.165) is 12.0 Å². The van der Waals surface area contributed by atoms with Crippen LogP contribution in [0.4, 0.5) is 4.39 Å². The van der Waals surface area contributed by atoms with Crippen LogP contribution in [0.3, 0.4) is 0 Å². The average Bonchev–Trinajstić information content (AvgIpc) is 3.53. The summed E-state index contributed by atoms with van der Waals surface area (Å²) in [5.41, 5.74) is 6.35. The van der Waals surface area contributed by atoms with E-state index >= 15 is 4.39 Å². The number of methoxy groups -OCH3 is 2. The van der Waals surface area contributed by atoms with Gasteiger partial charge in [-0.25, -0.2) is 9.07 Å². The van der Waals surface area contributed by atoms with Gasteiger partial charge in [-0.1, -0.05) is 23.4 Å². The molecule has 0 aliphatic carbocycles. The second kappa shape index (κ2) is 11.1. The summed E-state index contributed by atoms with van der Waals surface area (Å²) in [5, 5.41) is 18.2. The van der Waals surface area contributed by atoms with Gasteiger partial charge in [0.25, 0.3) is 5.91 Å². The molecule has 0 radical (unpaired) electrons. The van der Waals surface area contributed by atoms with Crippen LogP contribution >= 0.6 is 0 Å². The number of H-pyrrole nitrogens is 1. The lowest BCUT2D eigenvalue weighted by atomic mass is 9.97. The van der Waals surface area contributed by atoms with Gasteiger partial charge in [0.2, 0.25) is 0 Å². The van der Waals surface area contributed by atoms with Crippen LogP contribution in [0.25, 0.3) is 5.69 Å². The Kier molecular flexibility index (Phi) is 7.47. The Morgan fingerprint density at radius 2 is 2.11 bits per heavy atom. The Morgan fingerprint density at radius 1 is 1.24 bits per heavy atom. The van der Waals surface area contributed by atoms with E-state index in [9.17, 15) is 4.79 Å². The van der Waals surface area contributed by atoms with Crippen molar-refractivity contribution in [2.24, 2.45) is 0 Å². The first-order valence-corrected chi connectivity index (χ1v) is 12.2. The number of hydrogen-bond donors (Lipinski definition) is 2. The van der Waals surface area contributed by atoms with Crippen molar-refractivity contribution in [1.82, 2.24) is 30.5 Å². The molecule has 0 bridgehead atoms. The summed E-state index contributed by atoms with van der Waals surface area (Å²) in [5.74, 6) is -0.909. The first kappa shape index (κ1) is 25.6. The minimum Gasteiger partial charge on any atom is -0.494 e. The van der Waals surface area contributed by atoms with Crippen LogP contribution in [0, 0.1) is 12.7 Å². The highest BCUT2D eigenvalue weighted by Gasteiger charge is 2.23. The van der Waals surface area contributed by atoms with Crippen molar-refractivity contribution in [3.05, 3.63) is 87.2 Å². The maximum atomic E-state index is 15.3. The SMILES string of the molecule is COCc1n[nH]c(Cc2ccc3c(c2)CCOC3)c1C(=O)NCc1c(-n2cc(C)nn2)ccc(OC)c1F. The van der Waals surface area contributed by atoms with Crippen LogP contribution in [0.15, 0.2) is 36.5 Å². The average molecular weight is 521 g/mol. The number of aromatic nitrogens is 5. The normalized spacial score (nSPS) is 12.8. The molecule has 0 saturated heterocycles. The van der Waals surface area contributed by atoms with Gasteiger partial charge in [0.05, 0.1) is 55.8 Å². The molecule has 0 unspecified atom stereocenters. The van der Waals surface area contributed by atoms with Crippen molar-refractivity contribution < 1.29 is 23.4 Å². The number of nitrogens with zero attached hydrogens (tertiary/aromatic N) is 4. The lowest BCUT2D eigenvalue weighted by Gasteiger charge is -2.17. The van der Waals surface area contributed by atoms with Gasteiger partial charge in [-0.2, -0.15) is 5.10 Å². The van der Waals surface area contributed by atoms with Gasteiger partial charge in [0.1, 0.15) is 5.69 Å². The van der Waals surface area contributed by atoms with Crippen molar-refractivity contribution >= 4 is 5.91 Å². The predicted octanol–water partition coefficient (Wildman–Crippen LogP) is 3.19. The van der Waals surface area contributed by atoms with E-state index in [4.69, 9.17) is 14.2 Å². The minimum absolute atomic E-state index is 0.0664. The van der Waals surface area contributed by atoms with Crippen LogP contribution < -0.4 is 10.1 Å². The van der Waals surface area contributed by atoms with Gasteiger partial charge in [0, 0.05) is 25.6 Å². The molecular formula is C27H29FN6O4. The fraction of sp³-hybridized carbons (Fsp3) is 0.333. The summed E-state index contributed by atoms with van der Waals surface area (Å²) in [6.07, 6.45) is 3.01. The zero-order chi connectivity index (χ0) is 26.6. The van der Waals surface area contributed by atoms with Gasteiger partial charge in [-0.15, -0.1) is 5.10 Å². The Labute approximate surface area is 219 Å². The monoisotopic (exact) mass is 520 g/mol. The zero-order valence-corrected chi connectivity index (χ0v) is 21.5. The topological polar surface area (TPSA) is 116 Å². The number of halogens is 1. The van der Waals surface area contributed by atoms with Gasteiger partial charge < -0.3 is 19.5 Å². The number of rotatable bonds is 9. The van der Waals surface area contributed by atoms with E-state index in [0.29, 0.717) is 48.0 Å². The lowest BCUT2D eigenvalue weighted by Crippen LogP contribution is -2.26. The van der Waals surface area contributed by atoms with Crippen molar-refractivity contribution in [1.29, 1.82) is 0 Å². The third kappa shape index (κ3) is 5.15. The molecule has 38 heavy (non-hydrogen) atoms. The summed E-state index contributed by atoms with van der Waals surface area (Å²) < 4.78 is 32.8. The van der Waals surface area contributed by atoms with Crippen molar-refractivity contribution in [2.45, 2.75) is 39.5 Å². The highest BCUT2D eigenvalue weighted by atomic mass is 19.1. The molecule has 0 fully saturated rings. The number of amides is 1. The number of nitrogens with one attached hydrogen (secondary N) is 2. The standard InChI is InChI=1S/C27H29FN6O4/c1-16-13-34(33-30-16)23-6-7-24(37-3)26(28)20(23)12-29-27(35)25-21(31-32-22(25)15-36-2)11-17-4-5-19-14-38-9-8-18(19)10-17/h4-7,10,13H,8-9,11-12,14-15H2,1-3H3,(H,29,35)(H,31,32). The molecule has 1 amide bonds. The quantitative estimate of drug-likeness (QED) is 0.348. The minimum atomic E-state index is -0.582. The summed E-state index contributed by atoms with van der Waals surface area (Å²) in [7, 11) is 2.93. The first-order chi connectivity index (χ1) is 18.5. The van der Waals surface area contributed by atoms with Crippen LogP contribution in [0.5, 0.6) is 5.75 Å². The van der Waals surface area contributed by atoms with Crippen LogP contribution in [0.1, 0.15) is 49.7 Å². The number of aromatic amines is 1. The molecule has 2 aromatic heterocycles. The number of carbonyl (C=O) groups excluding carboxylic acids is 1. The molecule has 0 spiro atoms. The van der Waals surface area contributed by atoms with Gasteiger partial charge in [-0.3, -0.25) is 9.89 Å². The molecule has 0 atom stereocenters. The third-order valence-electron chi connectivity index (χ3n) is 6.53. The molecule has 2 aromatic carbocycles. The third-order valence-corrected chi connectivity index (χ3v) is 6.53. The summed E-state index contributed by atoms with van der Waals surface area (Å²) in [6, 6.07) is 9.44. The first-order valence-electron chi connectivity index (χ1n) is 12.2.